The van der Waals surface area contributed by atoms with Crippen LogP contribution in [0, 0.1) is 11.3 Å². The van der Waals surface area contributed by atoms with Crippen LogP contribution in [0.15, 0.2) is 30.3 Å². The molecule has 1 rings (SSSR count). The monoisotopic (exact) mass is 176 g/mol. The second-order valence-corrected chi connectivity index (χ2v) is 2.36. The van der Waals surface area contributed by atoms with Crippen molar-refractivity contribution in [3.8, 4) is 6.07 Å². The van der Waals surface area contributed by atoms with Crippen molar-refractivity contribution < 1.29 is 9.53 Å². The summed E-state index contributed by atoms with van der Waals surface area (Å²) in [6.45, 7) is 0. The second kappa shape index (κ2) is 4.12. The van der Waals surface area contributed by atoms with Crippen LogP contribution in [-0.2, 0) is 4.74 Å². The Bertz CT molecular complexity index is 329. The van der Waals surface area contributed by atoms with Gasteiger partial charge >= 0.3 is 6.09 Å². The Kier molecular flexibility index (Phi) is 2.87. The molecule has 1 unspecified atom stereocenters. The minimum Gasteiger partial charge on any atom is -0.426 e. The summed E-state index contributed by atoms with van der Waals surface area (Å²) in [7, 11) is 0. The van der Waals surface area contributed by atoms with E-state index in [9.17, 15) is 4.79 Å². The largest absolute Gasteiger partial charge is 0.426 e. The fourth-order valence-corrected chi connectivity index (χ4v) is 0.913. The third kappa shape index (κ3) is 2.49. The van der Waals surface area contributed by atoms with Crippen molar-refractivity contribution in [2.75, 3.05) is 0 Å². The summed E-state index contributed by atoms with van der Waals surface area (Å²) in [5.41, 5.74) is 5.41. The van der Waals surface area contributed by atoms with E-state index in [2.05, 4.69) is 4.74 Å². The summed E-state index contributed by atoms with van der Waals surface area (Å²) >= 11 is 0. The van der Waals surface area contributed by atoms with Crippen molar-refractivity contribution in [1.82, 2.24) is 0 Å². The molecule has 1 aromatic rings. The third-order valence-corrected chi connectivity index (χ3v) is 1.45. The van der Waals surface area contributed by atoms with Gasteiger partial charge in [0.2, 0.25) is 6.10 Å². The topological polar surface area (TPSA) is 76.1 Å². The van der Waals surface area contributed by atoms with Gasteiger partial charge in [-0.2, -0.15) is 5.26 Å². The van der Waals surface area contributed by atoms with Gasteiger partial charge in [-0.3, -0.25) is 0 Å². The molecule has 0 aliphatic rings. The van der Waals surface area contributed by atoms with Gasteiger partial charge in [-0.25, -0.2) is 4.79 Å². The highest BCUT2D eigenvalue weighted by molar-refractivity contribution is 5.65. The van der Waals surface area contributed by atoms with Crippen molar-refractivity contribution in [3.05, 3.63) is 35.9 Å². The Morgan fingerprint density at radius 1 is 1.46 bits per heavy atom. The molecule has 0 saturated carbocycles. The number of nitrogens with two attached hydrogens (primary N) is 1. The van der Waals surface area contributed by atoms with Crippen molar-refractivity contribution in [2.24, 2.45) is 5.73 Å². The molecule has 66 valence electrons. The maximum Gasteiger partial charge on any atom is 0.406 e. The van der Waals surface area contributed by atoms with Crippen molar-refractivity contribution in [1.29, 1.82) is 5.26 Å². The summed E-state index contributed by atoms with van der Waals surface area (Å²) in [6, 6.07) is 10.5. The van der Waals surface area contributed by atoms with E-state index in [0.29, 0.717) is 5.56 Å². The van der Waals surface area contributed by atoms with E-state index < -0.39 is 12.2 Å². The summed E-state index contributed by atoms with van der Waals surface area (Å²) < 4.78 is 4.56. The first-order valence-corrected chi connectivity index (χ1v) is 3.64. The molecule has 1 amide bonds. The number of ether oxygens (including phenoxy) is 1. The van der Waals surface area contributed by atoms with Gasteiger partial charge in [0, 0.05) is 5.56 Å². The second-order valence-electron chi connectivity index (χ2n) is 2.36. The van der Waals surface area contributed by atoms with Gasteiger partial charge in [-0.05, 0) is 0 Å². The van der Waals surface area contributed by atoms with Crippen molar-refractivity contribution in [2.45, 2.75) is 6.10 Å². The number of carbonyl (C=O) groups excluding carboxylic acids is 1. The Hall–Kier alpha value is -2.02. The van der Waals surface area contributed by atoms with E-state index in [4.69, 9.17) is 11.0 Å². The van der Waals surface area contributed by atoms with E-state index >= 15 is 0 Å². The quantitative estimate of drug-likeness (QED) is 0.738. The van der Waals surface area contributed by atoms with Crippen LogP contribution in [0.4, 0.5) is 4.79 Å². The van der Waals surface area contributed by atoms with Crippen LogP contribution in [0.3, 0.4) is 0 Å². The predicted molar refractivity (Wildman–Crippen MR) is 45.5 cm³/mol. The number of hydrogen-bond acceptors (Lipinski definition) is 3. The van der Waals surface area contributed by atoms with Crippen LogP contribution in [0.25, 0.3) is 0 Å². The van der Waals surface area contributed by atoms with Crippen LogP contribution in [-0.4, -0.2) is 6.09 Å². The van der Waals surface area contributed by atoms with Crippen LogP contribution in [0.5, 0.6) is 0 Å². The summed E-state index contributed by atoms with van der Waals surface area (Å²) in [5, 5.41) is 8.65. The highest BCUT2D eigenvalue weighted by atomic mass is 16.6. The van der Waals surface area contributed by atoms with E-state index in [1.165, 1.54) is 0 Å². The lowest BCUT2D eigenvalue weighted by Crippen LogP contribution is -2.16. The third-order valence-electron chi connectivity index (χ3n) is 1.45. The smallest absolute Gasteiger partial charge is 0.406 e. The Labute approximate surface area is 75.5 Å². The molecule has 1 atom stereocenters. The maximum atomic E-state index is 10.4. The molecule has 0 spiro atoms. The Balaban J connectivity index is 2.80. The average molecular weight is 176 g/mol. The number of amides is 1. The van der Waals surface area contributed by atoms with Gasteiger partial charge in [0.1, 0.15) is 6.07 Å². The molecule has 0 aliphatic heterocycles. The molecular weight excluding hydrogens is 168 g/mol. The highest BCUT2D eigenvalue weighted by Crippen LogP contribution is 2.15. The zero-order chi connectivity index (χ0) is 9.68. The van der Waals surface area contributed by atoms with Gasteiger partial charge in [0.15, 0.2) is 0 Å². The standard InChI is InChI=1S/C9H8N2O2/c10-6-8(13-9(11)12)7-4-2-1-3-5-7/h1-5,8H,(H2,11,12). The number of nitrogens with zero attached hydrogens (tertiary/aromatic N) is 1. The van der Waals surface area contributed by atoms with Crippen molar-refractivity contribution >= 4 is 6.09 Å². The highest BCUT2D eigenvalue weighted by Gasteiger charge is 2.12. The summed E-state index contributed by atoms with van der Waals surface area (Å²) in [6.07, 6.45) is -1.87. The van der Waals surface area contributed by atoms with Gasteiger partial charge in [0.25, 0.3) is 0 Å². The van der Waals surface area contributed by atoms with E-state index in [-0.39, 0.29) is 0 Å². The lowest BCUT2D eigenvalue weighted by atomic mass is 10.1. The zero-order valence-electron chi connectivity index (χ0n) is 6.81. The van der Waals surface area contributed by atoms with Crippen LogP contribution in [0.1, 0.15) is 11.7 Å². The van der Waals surface area contributed by atoms with Gasteiger partial charge in [-0.15, -0.1) is 0 Å². The molecule has 0 heterocycles. The first kappa shape index (κ1) is 9.07. The number of hydrogen-bond donors (Lipinski definition) is 1. The predicted octanol–water partition coefficient (Wildman–Crippen LogP) is 1.35. The lowest BCUT2D eigenvalue weighted by molar-refractivity contribution is 0.133. The van der Waals surface area contributed by atoms with Crippen LogP contribution >= 0.6 is 0 Å². The first-order chi connectivity index (χ1) is 6.24. The first-order valence-electron chi connectivity index (χ1n) is 3.64. The average Bonchev–Trinajstić information content (AvgIpc) is 2.15. The Morgan fingerprint density at radius 2 is 2.08 bits per heavy atom. The number of rotatable bonds is 2. The molecule has 4 heteroatoms. The zero-order valence-corrected chi connectivity index (χ0v) is 6.81. The number of benzene rings is 1. The molecule has 0 aromatic heterocycles. The fourth-order valence-electron chi connectivity index (χ4n) is 0.913. The summed E-state index contributed by atoms with van der Waals surface area (Å²) in [5.74, 6) is 0. The molecule has 0 fully saturated rings. The van der Waals surface area contributed by atoms with Gasteiger partial charge in [0.05, 0.1) is 0 Å². The van der Waals surface area contributed by atoms with Crippen LogP contribution < -0.4 is 5.73 Å². The van der Waals surface area contributed by atoms with E-state index in [1.54, 1.807) is 24.3 Å². The minimum atomic E-state index is -0.949. The number of nitriles is 1. The lowest BCUT2D eigenvalue weighted by Gasteiger charge is -2.07. The van der Waals surface area contributed by atoms with Crippen molar-refractivity contribution in [3.63, 3.8) is 0 Å². The normalized spacial score (nSPS) is 11.3. The van der Waals surface area contributed by atoms with E-state index in [1.807, 2.05) is 12.1 Å². The molecular formula is C9H8N2O2. The number of carbonyl (C=O) groups is 1. The Morgan fingerprint density at radius 3 is 2.54 bits per heavy atom. The molecule has 0 aliphatic carbocycles. The van der Waals surface area contributed by atoms with Crippen LogP contribution in [0.2, 0.25) is 0 Å². The molecule has 13 heavy (non-hydrogen) atoms. The molecule has 4 nitrogen and oxygen atoms in total. The fraction of sp³-hybridized carbons (Fsp3) is 0.111. The molecule has 0 radical (unpaired) electrons. The molecule has 1 aromatic carbocycles. The molecule has 0 saturated heterocycles. The van der Waals surface area contributed by atoms with E-state index in [0.717, 1.165) is 0 Å². The minimum absolute atomic E-state index is 0.615. The number of primary amides is 1. The van der Waals surface area contributed by atoms with Gasteiger partial charge in [-0.1, -0.05) is 30.3 Å². The van der Waals surface area contributed by atoms with Gasteiger partial charge < -0.3 is 10.5 Å². The molecule has 0 bridgehead atoms. The SMILES string of the molecule is N#CC(OC(N)=O)c1ccccc1. The molecule has 2 N–H and O–H groups in total. The maximum absolute atomic E-state index is 10.4. The summed E-state index contributed by atoms with van der Waals surface area (Å²) in [4.78, 5) is 10.4.